The second-order valence-electron chi connectivity index (χ2n) is 3.63. The van der Waals surface area contributed by atoms with Crippen molar-refractivity contribution in [3.8, 4) is 5.75 Å². The largest absolute Gasteiger partial charge is 0.497 e. The molecule has 1 rings (SSSR count). The minimum absolute atomic E-state index is 0.0592. The summed E-state index contributed by atoms with van der Waals surface area (Å²) >= 11 is 0. The number of methoxy groups -OCH3 is 3. The van der Waals surface area contributed by atoms with Gasteiger partial charge < -0.3 is 14.2 Å². The van der Waals surface area contributed by atoms with Crippen molar-refractivity contribution in [2.45, 2.75) is 12.3 Å². The number of ether oxygens (including phenoxy) is 3. The average molecular weight is 252 g/mol. The molecular weight excluding hydrogens is 236 g/mol. The van der Waals surface area contributed by atoms with Crippen molar-refractivity contribution in [2.75, 3.05) is 21.3 Å². The predicted octanol–water partition coefficient (Wildman–Crippen LogP) is 1.51. The first-order valence-electron chi connectivity index (χ1n) is 5.41. The molecule has 0 fully saturated rings. The number of hydrogen-bond donors (Lipinski definition) is 0. The monoisotopic (exact) mass is 252 g/mol. The summed E-state index contributed by atoms with van der Waals surface area (Å²) in [5.41, 5.74) is 0.659. The summed E-state index contributed by atoms with van der Waals surface area (Å²) in [6.45, 7) is 0. The van der Waals surface area contributed by atoms with Crippen molar-refractivity contribution in [2.24, 2.45) is 0 Å². The molecule has 1 aromatic rings. The predicted molar refractivity (Wildman–Crippen MR) is 64.4 cm³/mol. The third-order valence-corrected chi connectivity index (χ3v) is 2.58. The van der Waals surface area contributed by atoms with Gasteiger partial charge in [-0.1, -0.05) is 12.1 Å². The van der Waals surface area contributed by atoms with Gasteiger partial charge in [-0.05, 0) is 17.7 Å². The topological polar surface area (TPSA) is 61.8 Å². The van der Waals surface area contributed by atoms with Crippen LogP contribution < -0.4 is 4.74 Å². The zero-order valence-corrected chi connectivity index (χ0v) is 10.6. The minimum Gasteiger partial charge on any atom is -0.497 e. The van der Waals surface area contributed by atoms with Crippen LogP contribution in [-0.2, 0) is 19.1 Å². The molecule has 5 nitrogen and oxygen atoms in total. The van der Waals surface area contributed by atoms with Gasteiger partial charge in [0, 0.05) is 0 Å². The van der Waals surface area contributed by atoms with Gasteiger partial charge in [-0.2, -0.15) is 0 Å². The fourth-order valence-electron chi connectivity index (χ4n) is 1.59. The molecule has 0 saturated carbocycles. The highest BCUT2D eigenvalue weighted by atomic mass is 16.5. The summed E-state index contributed by atoms with van der Waals surface area (Å²) in [5, 5.41) is 0. The highest BCUT2D eigenvalue weighted by molar-refractivity contribution is 5.84. The number of benzene rings is 1. The van der Waals surface area contributed by atoms with Crippen LogP contribution >= 0.6 is 0 Å². The average Bonchev–Trinajstić information content (AvgIpc) is 2.43. The Hall–Kier alpha value is -2.04. The van der Waals surface area contributed by atoms with Crippen molar-refractivity contribution in [3.05, 3.63) is 29.8 Å². The molecule has 0 aromatic heterocycles. The van der Waals surface area contributed by atoms with E-state index in [0.29, 0.717) is 11.3 Å². The maximum Gasteiger partial charge on any atom is 0.313 e. The maximum absolute atomic E-state index is 11.7. The SMILES string of the molecule is COC(=O)CC(C(=O)OC)c1cccc(OC)c1. The highest BCUT2D eigenvalue weighted by Crippen LogP contribution is 2.25. The normalized spacial score (nSPS) is 11.5. The van der Waals surface area contributed by atoms with Gasteiger partial charge in [0.2, 0.25) is 0 Å². The fraction of sp³-hybridized carbons (Fsp3) is 0.385. The zero-order chi connectivity index (χ0) is 13.5. The van der Waals surface area contributed by atoms with Crippen LogP contribution in [-0.4, -0.2) is 33.3 Å². The first kappa shape index (κ1) is 14.0. The van der Waals surface area contributed by atoms with Gasteiger partial charge in [0.1, 0.15) is 5.75 Å². The van der Waals surface area contributed by atoms with E-state index in [-0.39, 0.29) is 6.42 Å². The van der Waals surface area contributed by atoms with E-state index in [9.17, 15) is 9.59 Å². The van der Waals surface area contributed by atoms with Gasteiger partial charge in [-0.25, -0.2) is 0 Å². The lowest BCUT2D eigenvalue weighted by molar-refractivity contribution is -0.149. The molecule has 0 aliphatic rings. The molecular formula is C13H16O5. The molecule has 0 amide bonds. The van der Waals surface area contributed by atoms with Gasteiger partial charge >= 0.3 is 11.9 Å². The smallest absolute Gasteiger partial charge is 0.313 e. The van der Waals surface area contributed by atoms with Crippen LogP contribution in [0.4, 0.5) is 0 Å². The molecule has 0 radical (unpaired) electrons. The van der Waals surface area contributed by atoms with E-state index in [1.807, 2.05) is 0 Å². The van der Waals surface area contributed by atoms with Gasteiger partial charge in [-0.15, -0.1) is 0 Å². The minimum atomic E-state index is -0.683. The van der Waals surface area contributed by atoms with E-state index in [4.69, 9.17) is 9.47 Å². The lowest BCUT2D eigenvalue weighted by atomic mass is 9.95. The molecule has 5 heteroatoms. The number of esters is 2. The lowest BCUT2D eigenvalue weighted by Gasteiger charge is -2.14. The van der Waals surface area contributed by atoms with E-state index in [1.54, 1.807) is 24.3 Å². The van der Waals surface area contributed by atoms with E-state index in [1.165, 1.54) is 21.3 Å². The number of carbonyl (C=O) groups excluding carboxylic acids is 2. The first-order valence-corrected chi connectivity index (χ1v) is 5.41. The van der Waals surface area contributed by atoms with Crippen LogP contribution in [0.2, 0.25) is 0 Å². The molecule has 0 N–H and O–H groups in total. The quantitative estimate of drug-likeness (QED) is 0.743. The molecule has 0 saturated heterocycles. The third-order valence-electron chi connectivity index (χ3n) is 2.58. The Labute approximate surface area is 106 Å². The summed E-state index contributed by atoms with van der Waals surface area (Å²) < 4.78 is 14.4. The molecule has 18 heavy (non-hydrogen) atoms. The van der Waals surface area contributed by atoms with Crippen LogP contribution in [0.1, 0.15) is 17.9 Å². The molecule has 0 spiro atoms. The molecule has 0 aliphatic heterocycles. The summed E-state index contributed by atoms with van der Waals surface area (Å²) in [4.78, 5) is 23.0. The molecule has 98 valence electrons. The molecule has 1 unspecified atom stereocenters. The number of rotatable bonds is 5. The maximum atomic E-state index is 11.7. The van der Waals surface area contributed by atoms with Crippen LogP contribution in [0.15, 0.2) is 24.3 Å². The van der Waals surface area contributed by atoms with Crippen LogP contribution in [0.3, 0.4) is 0 Å². The Morgan fingerprint density at radius 3 is 2.44 bits per heavy atom. The zero-order valence-electron chi connectivity index (χ0n) is 10.6. The molecule has 0 bridgehead atoms. The number of carbonyl (C=O) groups is 2. The first-order chi connectivity index (χ1) is 8.62. The van der Waals surface area contributed by atoms with Crippen molar-refractivity contribution >= 4 is 11.9 Å². The van der Waals surface area contributed by atoms with E-state index in [0.717, 1.165) is 0 Å². The Morgan fingerprint density at radius 1 is 1.17 bits per heavy atom. The van der Waals surface area contributed by atoms with E-state index in [2.05, 4.69) is 4.74 Å². The van der Waals surface area contributed by atoms with Crippen LogP contribution in [0.5, 0.6) is 5.75 Å². The number of hydrogen-bond acceptors (Lipinski definition) is 5. The van der Waals surface area contributed by atoms with Gasteiger partial charge in [0.15, 0.2) is 0 Å². The van der Waals surface area contributed by atoms with Crippen molar-refractivity contribution in [1.29, 1.82) is 0 Å². The summed E-state index contributed by atoms with van der Waals surface area (Å²) in [5.74, 6) is -1.01. The Kier molecular flexibility index (Phi) is 5.17. The summed E-state index contributed by atoms with van der Waals surface area (Å²) in [6.07, 6.45) is -0.0592. The molecule has 0 heterocycles. The van der Waals surface area contributed by atoms with Gasteiger partial charge in [-0.3, -0.25) is 9.59 Å². The summed E-state index contributed by atoms with van der Waals surface area (Å²) in [7, 11) is 4.10. The fourth-order valence-corrected chi connectivity index (χ4v) is 1.59. The lowest BCUT2D eigenvalue weighted by Crippen LogP contribution is -2.18. The second-order valence-corrected chi connectivity index (χ2v) is 3.63. The molecule has 1 aromatic carbocycles. The van der Waals surface area contributed by atoms with Crippen LogP contribution in [0, 0.1) is 0 Å². The third kappa shape index (κ3) is 3.48. The van der Waals surface area contributed by atoms with Gasteiger partial charge in [0.25, 0.3) is 0 Å². The van der Waals surface area contributed by atoms with E-state index >= 15 is 0 Å². The Morgan fingerprint density at radius 2 is 1.89 bits per heavy atom. The second kappa shape index (κ2) is 6.64. The Balaban J connectivity index is 3.00. The van der Waals surface area contributed by atoms with Crippen molar-refractivity contribution in [1.82, 2.24) is 0 Å². The van der Waals surface area contributed by atoms with Crippen molar-refractivity contribution in [3.63, 3.8) is 0 Å². The van der Waals surface area contributed by atoms with E-state index < -0.39 is 17.9 Å². The standard InChI is InChI=1S/C13H16O5/c1-16-10-6-4-5-9(7-10)11(13(15)18-3)8-12(14)17-2/h4-7,11H,8H2,1-3H3. The molecule has 1 atom stereocenters. The van der Waals surface area contributed by atoms with Crippen LogP contribution in [0.25, 0.3) is 0 Å². The Bertz CT molecular complexity index is 427. The van der Waals surface area contributed by atoms with Gasteiger partial charge in [0.05, 0.1) is 33.7 Å². The highest BCUT2D eigenvalue weighted by Gasteiger charge is 2.25. The molecule has 0 aliphatic carbocycles. The summed E-state index contributed by atoms with van der Waals surface area (Å²) in [6, 6.07) is 6.95. The van der Waals surface area contributed by atoms with Crippen molar-refractivity contribution < 1.29 is 23.8 Å².